The van der Waals surface area contributed by atoms with E-state index in [4.69, 9.17) is 0 Å². The second-order valence-corrected chi connectivity index (χ2v) is 9.08. The van der Waals surface area contributed by atoms with Gasteiger partial charge in [-0.25, -0.2) is 14.8 Å². The third-order valence-electron chi connectivity index (χ3n) is 5.88. The number of aromatic nitrogens is 4. The minimum absolute atomic E-state index is 0.139. The van der Waals surface area contributed by atoms with Crippen LogP contribution in [0.2, 0.25) is 0 Å². The van der Waals surface area contributed by atoms with E-state index in [1.54, 1.807) is 13.1 Å². The molecule has 0 spiro atoms. The Morgan fingerprint density at radius 1 is 1.06 bits per heavy atom. The first-order valence-corrected chi connectivity index (χ1v) is 11.4. The number of hydrogen-bond acceptors (Lipinski definition) is 5. The van der Waals surface area contributed by atoms with Gasteiger partial charge in [0.05, 0.1) is 5.56 Å². The lowest BCUT2D eigenvalue weighted by Crippen LogP contribution is -2.38. The number of rotatable bonds is 4. The minimum atomic E-state index is -4.43. The zero-order valence-corrected chi connectivity index (χ0v) is 18.6. The Morgan fingerprint density at radius 2 is 1.78 bits per heavy atom. The van der Waals surface area contributed by atoms with E-state index in [1.807, 2.05) is 0 Å². The van der Waals surface area contributed by atoms with Gasteiger partial charge in [0.25, 0.3) is 5.56 Å². The molecule has 6 nitrogen and oxygen atoms in total. The van der Waals surface area contributed by atoms with Crippen LogP contribution in [0.25, 0.3) is 11.0 Å². The first-order valence-electron chi connectivity index (χ1n) is 10.4. The Bertz CT molecular complexity index is 1280. The molecule has 0 radical (unpaired) electrons. The van der Waals surface area contributed by atoms with E-state index in [0.717, 1.165) is 48.8 Å². The molecule has 0 saturated heterocycles. The van der Waals surface area contributed by atoms with Crippen molar-refractivity contribution in [3.8, 4) is 0 Å². The van der Waals surface area contributed by atoms with Crippen molar-refractivity contribution in [3.63, 3.8) is 0 Å². The zero-order valence-electron chi connectivity index (χ0n) is 17.8. The van der Waals surface area contributed by atoms with Crippen molar-refractivity contribution in [1.82, 2.24) is 19.1 Å². The van der Waals surface area contributed by atoms with Crippen LogP contribution in [0.1, 0.15) is 55.0 Å². The Hall–Kier alpha value is -2.62. The third kappa shape index (κ3) is 4.32. The topological polar surface area (TPSA) is 69.8 Å². The average molecular weight is 465 g/mol. The number of thioether (sulfide) groups is 1. The molecule has 1 aliphatic rings. The minimum Gasteiger partial charge on any atom is -0.280 e. The van der Waals surface area contributed by atoms with Crippen molar-refractivity contribution in [2.24, 2.45) is 14.1 Å². The van der Waals surface area contributed by atoms with Gasteiger partial charge in [0.1, 0.15) is 16.2 Å². The fourth-order valence-electron chi connectivity index (χ4n) is 4.08. The molecule has 1 aliphatic carbocycles. The molecule has 10 heteroatoms. The number of nitrogens with zero attached hydrogens (tertiary/aromatic N) is 4. The smallest absolute Gasteiger partial charge is 0.280 e. The molecule has 0 aliphatic heterocycles. The Kier molecular flexibility index (Phi) is 6.15. The molecule has 32 heavy (non-hydrogen) atoms. The molecular formula is C22H23F3N4O2S. The van der Waals surface area contributed by atoms with Gasteiger partial charge in [-0.05, 0) is 24.5 Å². The summed E-state index contributed by atoms with van der Waals surface area (Å²) in [5, 5.41) is 0.607. The van der Waals surface area contributed by atoms with Gasteiger partial charge in [-0.3, -0.25) is 13.9 Å². The predicted octanol–water partition coefficient (Wildman–Crippen LogP) is 4.39. The molecule has 1 aromatic carbocycles. The molecule has 1 fully saturated rings. The van der Waals surface area contributed by atoms with Crippen molar-refractivity contribution < 1.29 is 13.2 Å². The highest BCUT2D eigenvalue weighted by atomic mass is 32.2. The summed E-state index contributed by atoms with van der Waals surface area (Å²) in [7, 11) is 2.95. The molecule has 0 bridgehead atoms. The lowest BCUT2D eigenvalue weighted by atomic mass is 9.89. The number of hydrogen-bond donors (Lipinski definition) is 0. The fraction of sp³-hybridized carbons (Fsp3) is 0.455. The van der Waals surface area contributed by atoms with E-state index in [9.17, 15) is 22.8 Å². The van der Waals surface area contributed by atoms with Crippen LogP contribution in [0.3, 0.4) is 0 Å². The summed E-state index contributed by atoms with van der Waals surface area (Å²) in [5.74, 6) is 0.929. The zero-order chi connectivity index (χ0) is 23.0. The van der Waals surface area contributed by atoms with Crippen LogP contribution in [0.5, 0.6) is 0 Å². The second kappa shape index (κ2) is 8.73. The predicted molar refractivity (Wildman–Crippen MR) is 117 cm³/mol. The van der Waals surface area contributed by atoms with E-state index in [1.165, 1.54) is 29.4 Å². The Morgan fingerprint density at radius 3 is 2.47 bits per heavy atom. The highest BCUT2D eigenvalue weighted by molar-refractivity contribution is 7.98. The summed E-state index contributed by atoms with van der Waals surface area (Å²) in [6.07, 6.45) is 0.720. The average Bonchev–Trinajstić information content (AvgIpc) is 2.79. The molecule has 2 heterocycles. The molecule has 1 saturated carbocycles. The normalized spacial score (nSPS) is 15.4. The van der Waals surface area contributed by atoms with Crippen molar-refractivity contribution in [1.29, 1.82) is 0 Å². The highest BCUT2D eigenvalue weighted by Gasteiger charge is 2.30. The molecular weight excluding hydrogens is 441 g/mol. The quantitative estimate of drug-likeness (QED) is 0.423. The Labute approximate surface area is 186 Å². The summed E-state index contributed by atoms with van der Waals surface area (Å²) in [6.45, 7) is 0. The van der Waals surface area contributed by atoms with Crippen molar-refractivity contribution in [2.75, 3.05) is 0 Å². The molecule has 0 N–H and O–H groups in total. The van der Waals surface area contributed by atoms with Gasteiger partial charge in [0, 0.05) is 25.8 Å². The fourth-order valence-corrected chi connectivity index (χ4v) is 5.05. The van der Waals surface area contributed by atoms with Gasteiger partial charge >= 0.3 is 11.9 Å². The molecule has 2 aromatic heterocycles. The van der Waals surface area contributed by atoms with E-state index in [2.05, 4.69) is 9.97 Å². The Balaban J connectivity index is 1.80. The highest BCUT2D eigenvalue weighted by Crippen LogP contribution is 2.35. The summed E-state index contributed by atoms with van der Waals surface area (Å²) in [5.41, 5.74) is -0.975. The molecule has 3 aromatic rings. The lowest BCUT2D eigenvalue weighted by Gasteiger charge is -2.21. The monoisotopic (exact) mass is 464 g/mol. The van der Waals surface area contributed by atoms with Gasteiger partial charge in [-0.15, -0.1) is 11.8 Å². The number of aryl methyl sites for hydroxylation is 1. The summed E-state index contributed by atoms with van der Waals surface area (Å²) >= 11 is 1.19. The van der Waals surface area contributed by atoms with Gasteiger partial charge in [-0.2, -0.15) is 13.2 Å². The van der Waals surface area contributed by atoms with E-state index in [0.29, 0.717) is 16.4 Å². The first kappa shape index (κ1) is 22.6. The van der Waals surface area contributed by atoms with Crippen molar-refractivity contribution in [2.45, 2.75) is 55.0 Å². The maximum Gasteiger partial charge on any atom is 0.416 e. The maximum atomic E-state index is 13.1. The number of benzene rings is 1. The van der Waals surface area contributed by atoms with Crippen LogP contribution in [0.15, 0.2) is 38.9 Å². The second-order valence-electron chi connectivity index (χ2n) is 8.11. The van der Waals surface area contributed by atoms with Crippen molar-refractivity contribution >= 4 is 22.8 Å². The van der Waals surface area contributed by atoms with Crippen LogP contribution < -0.4 is 11.2 Å². The molecule has 0 atom stereocenters. The third-order valence-corrected chi connectivity index (χ3v) is 6.93. The van der Waals surface area contributed by atoms with Crippen molar-refractivity contribution in [3.05, 3.63) is 62.1 Å². The number of halogens is 3. The standard InChI is InChI=1S/C22H23F3N4O2S/c1-28-18-16(20(30)29(2)21(28)31)19(27-17(26-18)14-8-4-3-5-9-14)32-12-13-7-6-10-15(11-13)22(23,24)25/h6-7,10-11,14H,3-5,8-9,12H2,1-2H3. The first-order chi connectivity index (χ1) is 15.2. The van der Waals surface area contributed by atoms with Crippen LogP contribution in [-0.2, 0) is 26.0 Å². The largest absolute Gasteiger partial charge is 0.416 e. The number of fused-ring (bicyclic) bond motifs is 1. The summed E-state index contributed by atoms with van der Waals surface area (Å²) < 4.78 is 41.6. The van der Waals surface area contributed by atoms with Gasteiger partial charge in [0.15, 0.2) is 5.65 Å². The lowest BCUT2D eigenvalue weighted by molar-refractivity contribution is -0.137. The van der Waals surface area contributed by atoms with Crippen LogP contribution in [0.4, 0.5) is 13.2 Å². The molecule has 170 valence electrons. The molecule has 4 rings (SSSR count). The maximum absolute atomic E-state index is 13.1. The SMILES string of the molecule is Cn1c(=O)c2c(SCc3cccc(C(F)(F)F)c3)nc(C3CCCCC3)nc2n(C)c1=O. The van der Waals surface area contributed by atoms with Crippen LogP contribution in [0, 0.1) is 0 Å². The van der Waals surface area contributed by atoms with Gasteiger partial charge < -0.3 is 0 Å². The van der Waals surface area contributed by atoms with E-state index in [-0.39, 0.29) is 22.7 Å². The van der Waals surface area contributed by atoms with E-state index < -0.39 is 23.0 Å². The van der Waals surface area contributed by atoms with Crippen LogP contribution >= 0.6 is 11.8 Å². The van der Waals surface area contributed by atoms with Crippen LogP contribution in [-0.4, -0.2) is 19.1 Å². The number of alkyl halides is 3. The van der Waals surface area contributed by atoms with E-state index >= 15 is 0 Å². The summed E-state index contributed by atoms with van der Waals surface area (Å²) in [4.78, 5) is 34.7. The summed E-state index contributed by atoms with van der Waals surface area (Å²) in [6, 6.07) is 5.11. The van der Waals surface area contributed by atoms with Gasteiger partial charge in [-0.1, -0.05) is 37.5 Å². The molecule has 0 unspecified atom stereocenters. The molecule has 0 amide bonds. The van der Waals surface area contributed by atoms with Gasteiger partial charge in [0.2, 0.25) is 0 Å².